The summed E-state index contributed by atoms with van der Waals surface area (Å²) in [6.07, 6.45) is 6.11. The summed E-state index contributed by atoms with van der Waals surface area (Å²) in [5, 5.41) is 10.5. The minimum atomic E-state index is -0.769. The van der Waals surface area contributed by atoms with Gasteiger partial charge >= 0.3 is 0 Å². The van der Waals surface area contributed by atoms with Gasteiger partial charge in [-0.25, -0.2) is 0 Å². The Kier molecular flexibility index (Phi) is 8.35. The summed E-state index contributed by atoms with van der Waals surface area (Å²) in [6.45, 7) is 10.8. The summed E-state index contributed by atoms with van der Waals surface area (Å²) in [4.78, 5) is 0. The molecule has 1 N–H and O–H groups in total. The van der Waals surface area contributed by atoms with Crippen LogP contribution in [0.25, 0.3) is 0 Å². The molecule has 0 amide bonds. The van der Waals surface area contributed by atoms with Crippen LogP contribution in [-0.2, 0) is 0 Å². The van der Waals surface area contributed by atoms with Crippen molar-refractivity contribution in [1.29, 1.82) is 0 Å². The van der Waals surface area contributed by atoms with Gasteiger partial charge in [-0.1, -0.05) is 53.4 Å². The first-order valence-electron chi connectivity index (χ1n) is 7.12. The molecule has 0 rings (SSSR count). The molecule has 0 fully saturated rings. The van der Waals surface area contributed by atoms with E-state index >= 15 is 0 Å². The van der Waals surface area contributed by atoms with Gasteiger partial charge in [0, 0.05) is 6.42 Å². The second-order valence-electron chi connectivity index (χ2n) is 5.99. The van der Waals surface area contributed by atoms with Crippen molar-refractivity contribution in [1.82, 2.24) is 0 Å². The first-order valence-corrected chi connectivity index (χ1v) is 7.12. The lowest BCUT2D eigenvalue weighted by atomic mass is 9.85. The quantitative estimate of drug-likeness (QED) is 0.515. The molecule has 100 valence electrons. The molecular formula is C16H30O. The summed E-state index contributed by atoms with van der Waals surface area (Å²) >= 11 is 0. The number of aliphatic hydroxyl groups is 1. The minimum Gasteiger partial charge on any atom is -0.378 e. The lowest BCUT2D eigenvalue weighted by Gasteiger charge is -2.26. The number of hydrogen-bond acceptors (Lipinski definition) is 1. The van der Waals surface area contributed by atoms with E-state index in [0.717, 1.165) is 25.7 Å². The summed E-state index contributed by atoms with van der Waals surface area (Å²) in [5.41, 5.74) is -0.769. The fourth-order valence-electron chi connectivity index (χ4n) is 2.23. The average Bonchev–Trinajstić information content (AvgIpc) is 2.14. The maximum atomic E-state index is 10.5. The molecule has 0 saturated carbocycles. The highest BCUT2D eigenvalue weighted by Crippen LogP contribution is 2.24. The second-order valence-corrected chi connectivity index (χ2v) is 5.99. The second kappa shape index (κ2) is 8.59. The highest BCUT2D eigenvalue weighted by Gasteiger charge is 2.26. The Bertz CT molecular complexity index is 232. The van der Waals surface area contributed by atoms with Crippen molar-refractivity contribution in [2.75, 3.05) is 0 Å². The molecule has 0 aromatic heterocycles. The van der Waals surface area contributed by atoms with Gasteiger partial charge in [0.25, 0.3) is 0 Å². The fraction of sp³-hybridized carbons (Fsp3) is 0.875. The third-order valence-corrected chi connectivity index (χ3v) is 2.72. The topological polar surface area (TPSA) is 20.2 Å². The molecule has 0 spiro atoms. The molecule has 0 aromatic rings. The summed E-state index contributed by atoms with van der Waals surface area (Å²) in [6, 6.07) is 0. The zero-order valence-corrected chi connectivity index (χ0v) is 12.3. The largest absolute Gasteiger partial charge is 0.378 e. The van der Waals surface area contributed by atoms with E-state index in [1.54, 1.807) is 0 Å². The van der Waals surface area contributed by atoms with Gasteiger partial charge in [0.1, 0.15) is 5.60 Å². The minimum absolute atomic E-state index is 0.490. The Labute approximate surface area is 108 Å². The van der Waals surface area contributed by atoms with Crippen LogP contribution in [0.15, 0.2) is 0 Å². The lowest BCUT2D eigenvalue weighted by molar-refractivity contribution is 0.0566. The van der Waals surface area contributed by atoms with Crippen LogP contribution in [0.2, 0.25) is 0 Å². The smallest absolute Gasteiger partial charge is 0.126 e. The third kappa shape index (κ3) is 9.24. The SMILES string of the molecule is CCCCCC#CC(O)(CC(C)C)CC(C)C. The summed E-state index contributed by atoms with van der Waals surface area (Å²) < 4.78 is 0. The van der Waals surface area contributed by atoms with Crippen LogP contribution >= 0.6 is 0 Å². The standard InChI is InChI=1S/C16H30O/c1-6-7-8-9-10-11-16(17,12-14(2)3)13-15(4)5/h14-15,17H,6-9,12-13H2,1-5H3. The van der Waals surface area contributed by atoms with Crippen LogP contribution in [0.5, 0.6) is 0 Å². The predicted octanol–water partition coefficient (Wildman–Crippen LogP) is 4.39. The Morgan fingerprint density at radius 3 is 1.94 bits per heavy atom. The van der Waals surface area contributed by atoms with E-state index < -0.39 is 5.60 Å². The molecule has 1 heteroatoms. The first-order chi connectivity index (χ1) is 7.89. The highest BCUT2D eigenvalue weighted by molar-refractivity contribution is 5.14. The molecule has 0 bridgehead atoms. The fourth-order valence-corrected chi connectivity index (χ4v) is 2.23. The van der Waals surface area contributed by atoms with E-state index in [0.29, 0.717) is 11.8 Å². The normalized spacial score (nSPS) is 11.8. The van der Waals surface area contributed by atoms with Crippen molar-refractivity contribution in [3.63, 3.8) is 0 Å². The van der Waals surface area contributed by atoms with Gasteiger partial charge in [0.2, 0.25) is 0 Å². The number of hydrogen-bond donors (Lipinski definition) is 1. The van der Waals surface area contributed by atoms with Crippen molar-refractivity contribution in [3.05, 3.63) is 0 Å². The van der Waals surface area contributed by atoms with Gasteiger partial charge in [0.15, 0.2) is 0 Å². The van der Waals surface area contributed by atoms with Crippen molar-refractivity contribution < 1.29 is 5.11 Å². The van der Waals surface area contributed by atoms with Gasteiger partial charge in [-0.3, -0.25) is 0 Å². The van der Waals surface area contributed by atoms with Crippen LogP contribution in [0.4, 0.5) is 0 Å². The molecule has 0 aliphatic heterocycles. The lowest BCUT2D eigenvalue weighted by Crippen LogP contribution is -2.30. The maximum absolute atomic E-state index is 10.5. The first kappa shape index (κ1) is 16.5. The van der Waals surface area contributed by atoms with Crippen LogP contribution < -0.4 is 0 Å². The molecule has 0 aliphatic rings. The van der Waals surface area contributed by atoms with E-state index in [4.69, 9.17) is 0 Å². The summed E-state index contributed by atoms with van der Waals surface area (Å²) in [5.74, 6) is 7.27. The van der Waals surface area contributed by atoms with Crippen molar-refractivity contribution >= 4 is 0 Å². The third-order valence-electron chi connectivity index (χ3n) is 2.72. The van der Waals surface area contributed by atoms with Crippen LogP contribution in [-0.4, -0.2) is 10.7 Å². The van der Waals surface area contributed by atoms with Crippen LogP contribution in [0.1, 0.15) is 73.1 Å². The van der Waals surface area contributed by atoms with E-state index in [2.05, 4.69) is 46.5 Å². The molecule has 0 saturated heterocycles. The van der Waals surface area contributed by atoms with Crippen LogP contribution in [0.3, 0.4) is 0 Å². The molecule has 0 heterocycles. The van der Waals surface area contributed by atoms with Gasteiger partial charge in [-0.05, 0) is 31.1 Å². The molecular weight excluding hydrogens is 208 g/mol. The zero-order valence-electron chi connectivity index (χ0n) is 12.3. The molecule has 0 atom stereocenters. The van der Waals surface area contributed by atoms with Crippen LogP contribution in [0, 0.1) is 23.7 Å². The molecule has 17 heavy (non-hydrogen) atoms. The van der Waals surface area contributed by atoms with E-state index in [1.807, 2.05) is 0 Å². The number of unbranched alkanes of at least 4 members (excludes halogenated alkanes) is 3. The van der Waals surface area contributed by atoms with Gasteiger partial charge < -0.3 is 5.11 Å². The molecule has 0 aliphatic carbocycles. The Morgan fingerprint density at radius 2 is 1.53 bits per heavy atom. The highest BCUT2D eigenvalue weighted by atomic mass is 16.3. The summed E-state index contributed by atoms with van der Waals surface area (Å²) in [7, 11) is 0. The monoisotopic (exact) mass is 238 g/mol. The molecule has 0 radical (unpaired) electrons. The van der Waals surface area contributed by atoms with E-state index in [9.17, 15) is 5.11 Å². The average molecular weight is 238 g/mol. The van der Waals surface area contributed by atoms with E-state index in [-0.39, 0.29) is 0 Å². The molecule has 0 unspecified atom stereocenters. The maximum Gasteiger partial charge on any atom is 0.126 e. The molecule has 1 nitrogen and oxygen atoms in total. The van der Waals surface area contributed by atoms with Gasteiger partial charge in [-0.15, -0.1) is 5.92 Å². The van der Waals surface area contributed by atoms with E-state index in [1.165, 1.54) is 12.8 Å². The van der Waals surface area contributed by atoms with Crippen molar-refractivity contribution in [3.8, 4) is 11.8 Å². The van der Waals surface area contributed by atoms with Gasteiger partial charge in [0.05, 0.1) is 0 Å². The number of rotatable bonds is 7. The van der Waals surface area contributed by atoms with Crippen molar-refractivity contribution in [2.24, 2.45) is 11.8 Å². The Morgan fingerprint density at radius 1 is 1.00 bits per heavy atom. The molecule has 0 aromatic carbocycles. The predicted molar refractivity (Wildman–Crippen MR) is 75.8 cm³/mol. The van der Waals surface area contributed by atoms with Crippen molar-refractivity contribution in [2.45, 2.75) is 78.7 Å². The zero-order chi connectivity index (χ0) is 13.3. The Balaban J connectivity index is 4.35. The van der Waals surface area contributed by atoms with Gasteiger partial charge in [-0.2, -0.15) is 0 Å². The Hall–Kier alpha value is -0.480.